The number of carbonyl (C=O) groups is 1. The second-order valence-corrected chi connectivity index (χ2v) is 6.89. The molecule has 7 heteroatoms. The van der Waals surface area contributed by atoms with Gasteiger partial charge in [0.1, 0.15) is 22.2 Å². The van der Waals surface area contributed by atoms with Crippen molar-refractivity contribution < 1.29 is 9.53 Å². The molecule has 3 aromatic rings. The van der Waals surface area contributed by atoms with Gasteiger partial charge in [0, 0.05) is 11.6 Å². The summed E-state index contributed by atoms with van der Waals surface area (Å²) in [5.41, 5.74) is 1.88. The summed E-state index contributed by atoms with van der Waals surface area (Å²) in [6, 6.07) is 7.84. The van der Waals surface area contributed by atoms with E-state index < -0.39 is 0 Å². The summed E-state index contributed by atoms with van der Waals surface area (Å²) in [5, 5.41) is 5.94. The van der Waals surface area contributed by atoms with Crippen LogP contribution in [0, 0.1) is 13.8 Å². The normalized spacial score (nSPS) is 10.5. The number of hydrogen-bond donors (Lipinski definition) is 1. The zero-order valence-corrected chi connectivity index (χ0v) is 14.3. The fourth-order valence-corrected chi connectivity index (χ4v) is 3.34. The minimum Gasteiger partial charge on any atom is -0.486 e. The molecule has 0 aliphatic rings. The molecule has 0 saturated carbocycles. The van der Waals surface area contributed by atoms with Gasteiger partial charge in [0.25, 0.3) is 5.91 Å². The number of nitrogens with one attached hydrogen (secondary N) is 1. The van der Waals surface area contributed by atoms with Crippen molar-refractivity contribution in [2.24, 2.45) is 0 Å². The van der Waals surface area contributed by atoms with Gasteiger partial charge in [-0.05, 0) is 26.0 Å². The highest BCUT2D eigenvalue weighted by molar-refractivity contribution is 7.15. The second-order valence-electron chi connectivity index (χ2n) is 4.92. The molecule has 2 heterocycles. The summed E-state index contributed by atoms with van der Waals surface area (Å²) >= 11 is 2.72. The maximum absolute atomic E-state index is 12.2. The number of nitrogens with zero attached hydrogens (tertiary/aromatic N) is 2. The molecule has 5 nitrogen and oxygen atoms in total. The topological polar surface area (TPSA) is 64.1 Å². The van der Waals surface area contributed by atoms with Crippen molar-refractivity contribution >= 4 is 33.7 Å². The number of hydrogen-bond acceptors (Lipinski definition) is 6. The molecule has 3 rings (SSSR count). The molecule has 0 bridgehead atoms. The van der Waals surface area contributed by atoms with Crippen molar-refractivity contribution in [1.29, 1.82) is 0 Å². The van der Waals surface area contributed by atoms with Gasteiger partial charge in [0.2, 0.25) is 0 Å². The van der Waals surface area contributed by atoms with Gasteiger partial charge in [-0.2, -0.15) is 0 Å². The molecule has 2 aromatic heterocycles. The van der Waals surface area contributed by atoms with E-state index >= 15 is 0 Å². The number of thiazole rings is 2. The van der Waals surface area contributed by atoms with Crippen molar-refractivity contribution in [3.8, 4) is 5.75 Å². The number of anilines is 1. The van der Waals surface area contributed by atoms with E-state index in [0.29, 0.717) is 22.3 Å². The van der Waals surface area contributed by atoms with Crippen LogP contribution in [0.4, 0.5) is 5.13 Å². The zero-order chi connectivity index (χ0) is 16.2. The Balaban J connectivity index is 1.65. The molecular weight excluding hydrogens is 330 g/mol. The number of aromatic nitrogens is 2. The van der Waals surface area contributed by atoms with Crippen LogP contribution < -0.4 is 10.1 Å². The number of amides is 1. The third-order valence-electron chi connectivity index (χ3n) is 3.08. The highest BCUT2D eigenvalue weighted by Gasteiger charge is 2.16. The minimum atomic E-state index is -0.184. The van der Waals surface area contributed by atoms with Crippen LogP contribution in [0.25, 0.3) is 0 Å². The third-order valence-corrected chi connectivity index (χ3v) is 4.90. The Morgan fingerprint density at radius 3 is 2.74 bits per heavy atom. The number of benzene rings is 1. The van der Waals surface area contributed by atoms with Crippen LogP contribution in [-0.4, -0.2) is 15.9 Å². The Kier molecular flexibility index (Phi) is 4.68. The van der Waals surface area contributed by atoms with Crippen LogP contribution >= 0.6 is 22.7 Å². The van der Waals surface area contributed by atoms with Gasteiger partial charge in [-0.15, -0.1) is 22.7 Å². The molecule has 0 saturated heterocycles. The lowest BCUT2D eigenvalue weighted by Crippen LogP contribution is -2.11. The lowest BCUT2D eigenvalue weighted by atomic mass is 10.2. The third kappa shape index (κ3) is 3.94. The summed E-state index contributed by atoms with van der Waals surface area (Å²) in [6.45, 7) is 4.20. The fraction of sp³-hybridized carbons (Fsp3) is 0.188. The Bertz CT molecular complexity index is 795. The predicted molar refractivity (Wildman–Crippen MR) is 92.4 cm³/mol. The van der Waals surface area contributed by atoms with Gasteiger partial charge in [-0.25, -0.2) is 9.97 Å². The van der Waals surface area contributed by atoms with Crippen molar-refractivity contribution in [3.05, 3.63) is 57.0 Å². The maximum atomic E-state index is 12.2. The Morgan fingerprint density at radius 1 is 1.26 bits per heavy atom. The van der Waals surface area contributed by atoms with Crippen LogP contribution in [-0.2, 0) is 6.61 Å². The fourth-order valence-electron chi connectivity index (χ4n) is 1.94. The van der Waals surface area contributed by atoms with Gasteiger partial charge in [-0.3, -0.25) is 10.1 Å². The van der Waals surface area contributed by atoms with E-state index in [2.05, 4.69) is 15.3 Å². The van der Waals surface area contributed by atoms with Gasteiger partial charge in [-0.1, -0.05) is 17.7 Å². The summed E-state index contributed by atoms with van der Waals surface area (Å²) in [7, 11) is 0. The first kappa shape index (κ1) is 15.6. The van der Waals surface area contributed by atoms with E-state index in [1.165, 1.54) is 28.2 Å². The molecule has 1 amide bonds. The van der Waals surface area contributed by atoms with E-state index in [4.69, 9.17) is 4.74 Å². The lowest BCUT2D eigenvalue weighted by Gasteiger charge is -2.03. The molecule has 0 aliphatic carbocycles. The number of rotatable bonds is 5. The summed E-state index contributed by atoms with van der Waals surface area (Å²) in [5.74, 6) is 0.605. The van der Waals surface area contributed by atoms with Crippen LogP contribution in [0.2, 0.25) is 0 Å². The van der Waals surface area contributed by atoms with E-state index in [-0.39, 0.29) is 5.91 Å². The average molecular weight is 345 g/mol. The Morgan fingerprint density at radius 2 is 2.04 bits per heavy atom. The van der Waals surface area contributed by atoms with Crippen molar-refractivity contribution in [2.75, 3.05) is 5.32 Å². The second kappa shape index (κ2) is 6.89. The lowest BCUT2D eigenvalue weighted by molar-refractivity contribution is 0.103. The summed E-state index contributed by atoms with van der Waals surface area (Å²) in [4.78, 5) is 21.3. The first-order chi connectivity index (χ1) is 11.1. The molecule has 1 aromatic carbocycles. The smallest absolute Gasteiger partial charge is 0.269 e. The summed E-state index contributed by atoms with van der Waals surface area (Å²) in [6.07, 6.45) is 1.65. The zero-order valence-electron chi connectivity index (χ0n) is 12.7. The minimum absolute atomic E-state index is 0.184. The monoisotopic (exact) mass is 345 g/mol. The molecule has 0 unspecified atom stereocenters. The van der Waals surface area contributed by atoms with Crippen LogP contribution in [0.15, 0.2) is 35.8 Å². The highest BCUT2D eigenvalue weighted by Crippen LogP contribution is 2.22. The highest BCUT2D eigenvalue weighted by atomic mass is 32.1. The number of aryl methyl sites for hydroxylation is 2. The predicted octanol–water partition coefficient (Wildman–Crippen LogP) is 4.05. The molecule has 0 spiro atoms. The van der Waals surface area contributed by atoms with E-state index in [1.54, 1.807) is 6.20 Å². The van der Waals surface area contributed by atoms with E-state index in [0.717, 1.165) is 10.8 Å². The van der Waals surface area contributed by atoms with Crippen molar-refractivity contribution in [1.82, 2.24) is 9.97 Å². The first-order valence-corrected chi connectivity index (χ1v) is 8.68. The SMILES string of the molecule is Cc1ccc(OCc2nc(C)c(C(=O)Nc3nccs3)s2)cc1. The quantitative estimate of drug-likeness (QED) is 0.758. The Hall–Kier alpha value is -2.25. The standard InChI is InChI=1S/C16H15N3O2S2/c1-10-3-5-12(6-4-10)21-9-13-18-11(2)14(23-13)15(20)19-16-17-7-8-22-16/h3-8H,9H2,1-2H3,(H,17,19,20). The van der Waals surface area contributed by atoms with Gasteiger partial charge in [0.05, 0.1) is 5.69 Å². The van der Waals surface area contributed by atoms with Crippen molar-refractivity contribution in [2.45, 2.75) is 20.5 Å². The number of carbonyl (C=O) groups excluding carboxylic acids is 1. The summed E-state index contributed by atoms with van der Waals surface area (Å²) < 4.78 is 5.71. The molecule has 1 N–H and O–H groups in total. The van der Waals surface area contributed by atoms with Gasteiger partial charge < -0.3 is 4.74 Å². The van der Waals surface area contributed by atoms with E-state index in [1.807, 2.05) is 43.5 Å². The van der Waals surface area contributed by atoms with E-state index in [9.17, 15) is 4.79 Å². The molecule has 0 radical (unpaired) electrons. The molecule has 0 aliphatic heterocycles. The molecule has 23 heavy (non-hydrogen) atoms. The first-order valence-electron chi connectivity index (χ1n) is 6.98. The van der Waals surface area contributed by atoms with Crippen LogP contribution in [0.1, 0.15) is 25.9 Å². The molecule has 0 atom stereocenters. The molecule has 0 fully saturated rings. The van der Waals surface area contributed by atoms with Crippen molar-refractivity contribution in [3.63, 3.8) is 0 Å². The van der Waals surface area contributed by atoms with Crippen LogP contribution in [0.5, 0.6) is 5.75 Å². The molecular formula is C16H15N3O2S2. The Labute approximate surface area is 142 Å². The average Bonchev–Trinajstić information content (AvgIpc) is 3.16. The largest absolute Gasteiger partial charge is 0.486 e. The maximum Gasteiger partial charge on any atom is 0.269 e. The van der Waals surface area contributed by atoms with Crippen LogP contribution in [0.3, 0.4) is 0 Å². The molecule has 118 valence electrons. The van der Waals surface area contributed by atoms with Gasteiger partial charge >= 0.3 is 0 Å². The van der Waals surface area contributed by atoms with Gasteiger partial charge in [0.15, 0.2) is 5.13 Å². The number of ether oxygens (including phenoxy) is 1.